The minimum atomic E-state index is -0.109. The van der Waals surface area contributed by atoms with Crippen molar-refractivity contribution in [3.63, 3.8) is 0 Å². The molecule has 1 aromatic heterocycles. The van der Waals surface area contributed by atoms with Crippen LogP contribution in [0.25, 0.3) is 11.0 Å². The average molecular weight is 492 g/mol. The Balaban J connectivity index is 1.38. The highest BCUT2D eigenvalue weighted by Crippen LogP contribution is 2.19. The Kier molecular flexibility index (Phi) is 7.22. The fourth-order valence-electron chi connectivity index (χ4n) is 3.64. The fraction of sp³-hybridized carbons (Fsp3) is 0.231. The van der Waals surface area contributed by atoms with Crippen LogP contribution in [0.4, 0.5) is 0 Å². The summed E-state index contributed by atoms with van der Waals surface area (Å²) < 4.78 is 9.07. The number of para-hydroxylation sites is 3. The van der Waals surface area contributed by atoms with Gasteiger partial charge in [0.15, 0.2) is 0 Å². The Hall–Kier alpha value is -3.12. The van der Waals surface area contributed by atoms with Gasteiger partial charge in [0.2, 0.25) is 0 Å². The second-order valence-corrected chi connectivity index (χ2v) is 8.59. The molecule has 0 aliphatic rings. The zero-order valence-corrected chi connectivity index (χ0v) is 19.6. The molecule has 0 unspecified atom stereocenters. The number of carbonyl (C=O) groups is 1. The number of benzene rings is 3. The molecule has 4 aromatic rings. The number of amides is 1. The molecule has 3 aromatic carbocycles. The van der Waals surface area contributed by atoms with E-state index in [-0.39, 0.29) is 5.91 Å². The zero-order chi connectivity index (χ0) is 22.3. The molecule has 0 saturated carbocycles. The predicted molar refractivity (Wildman–Crippen MR) is 131 cm³/mol. The topological polar surface area (TPSA) is 56.1 Å². The first-order valence-corrected chi connectivity index (χ1v) is 11.6. The molecule has 1 amide bonds. The van der Waals surface area contributed by atoms with Crippen molar-refractivity contribution in [2.45, 2.75) is 32.9 Å². The average Bonchev–Trinajstić information content (AvgIpc) is 3.16. The maximum absolute atomic E-state index is 12.5. The third-order valence-electron chi connectivity index (χ3n) is 5.37. The molecule has 0 bridgehead atoms. The number of hydrogen-bond acceptors (Lipinski definition) is 3. The summed E-state index contributed by atoms with van der Waals surface area (Å²) in [6.07, 6.45) is 1.89. The molecule has 0 aliphatic heterocycles. The Bertz CT molecular complexity index is 1200. The number of imidazole rings is 1. The van der Waals surface area contributed by atoms with Crippen LogP contribution in [0.3, 0.4) is 0 Å². The molecule has 0 aliphatic carbocycles. The van der Waals surface area contributed by atoms with Crippen LogP contribution >= 0.6 is 15.9 Å². The highest BCUT2D eigenvalue weighted by Gasteiger charge is 2.12. The summed E-state index contributed by atoms with van der Waals surface area (Å²) in [5.41, 5.74) is 3.80. The van der Waals surface area contributed by atoms with Gasteiger partial charge >= 0.3 is 0 Å². The summed E-state index contributed by atoms with van der Waals surface area (Å²) in [6, 6.07) is 23.5. The summed E-state index contributed by atoms with van der Waals surface area (Å²) in [4.78, 5) is 17.3. The third kappa shape index (κ3) is 5.37. The number of aromatic nitrogens is 2. The van der Waals surface area contributed by atoms with Crippen molar-refractivity contribution in [3.8, 4) is 5.75 Å². The van der Waals surface area contributed by atoms with Gasteiger partial charge in [-0.3, -0.25) is 4.79 Å². The summed E-state index contributed by atoms with van der Waals surface area (Å²) in [5, 5.41) is 3.00. The molecular weight excluding hydrogens is 466 g/mol. The largest absolute Gasteiger partial charge is 0.493 e. The van der Waals surface area contributed by atoms with Gasteiger partial charge < -0.3 is 14.6 Å². The Morgan fingerprint density at radius 3 is 2.56 bits per heavy atom. The number of carbonyl (C=O) groups excluding carboxylic acids is 1. The quantitative estimate of drug-likeness (QED) is 0.296. The lowest BCUT2D eigenvalue weighted by atomic mass is 10.2. The number of rotatable bonds is 9. The Morgan fingerprint density at radius 1 is 1.00 bits per heavy atom. The minimum absolute atomic E-state index is 0.109. The number of fused-ring (bicyclic) bond motifs is 1. The van der Waals surface area contributed by atoms with Crippen molar-refractivity contribution in [3.05, 3.63) is 94.2 Å². The summed E-state index contributed by atoms with van der Waals surface area (Å²) >= 11 is 3.40. The van der Waals surface area contributed by atoms with E-state index in [9.17, 15) is 4.79 Å². The SMILES string of the molecule is Cc1ccccc1OCCCCn1c(CNC(=O)c2ccc(Br)cc2)nc2ccccc21. The molecule has 1 N–H and O–H groups in total. The van der Waals surface area contributed by atoms with E-state index in [1.165, 1.54) is 0 Å². The van der Waals surface area contributed by atoms with Gasteiger partial charge in [0, 0.05) is 16.6 Å². The molecule has 164 valence electrons. The van der Waals surface area contributed by atoms with Crippen LogP contribution in [-0.2, 0) is 13.1 Å². The van der Waals surface area contributed by atoms with Gasteiger partial charge in [0.1, 0.15) is 11.6 Å². The van der Waals surface area contributed by atoms with Crippen LogP contribution < -0.4 is 10.1 Å². The van der Waals surface area contributed by atoms with E-state index in [2.05, 4.69) is 44.9 Å². The van der Waals surface area contributed by atoms with Crippen molar-refractivity contribution >= 4 is 32.9 Å². The van der Waals surface area contributed by atoms with Crippen molar-refractivity contribution < 1.29 is 9.53 Å². The predicted octanol–water partition coefficient (Wildman–Crippen LogP) is 5.90. The number of aryl methyl sites for hydroxylation is 2. The van der Waals surface area contributed by atoms with Gasteiger partial charge in [-0.15, -0.1) is 0 Å². The monoisotopic (exact) mass is 491 g/mol. The van der Waals surface area contributed by atoms with Crippen LogP contribution in [0.2, 0.25) is 0 Å². The van der Waals surface area contributed by atoms with Gasteiger partial charge in [0.25, 0.3) is 5.91 Å². The molecule has 4 rings (SSSR count). The maximum atomic E-state index is 12.5. The van der Waals surface area contributed by atoms with E-state index in [1.54, 1.807) is 12.1 Å². The van der Waals surface area contributed by atoms with Gasteiger partial charge in [-0.2, -0.15) is 0 Å². The normalized spacial score (nSPS) is 10.9. The fourth-order valence-corrected chi connectivity index (χ4v) is 3.91. The van der Waals surface area contributed by atoms with Crippen LogP contribution in [0.1, 0.15) is 34.6 Å². The maximum Gasteiger partial charge on any atom is 0.251 e. The summed E-state index contributed by atoms with van der Waals surface area (Å²) in [6.45, 7) is 3.93. The second-order valence-electron chi connectivity index (χ2n) is 7.68. The van der Waals surface area contributed by atoms with E-state index in [1.807, 2.05) is 48.5 Å². The lowest BCUT2D eigenvalue weighted by molar-refractivity contribution is 0.0949. The highest BCUT2D eigenvalue weighted by molar-refractivity contribution is 9.10. The van der Waals surface area contributed by atoms with Gasteiger partial charge in [0.05, 0.1) is 24.2 Å². The van der Waals surface area contributed by atoms with Crippen LogP contribution in [0, 0.1) is 6.92 Å². The van der Waals surface area contributed by atoms with Crippen molar-refractivity contribution in [1.29, 1.82) is 0 Å². The Morgan fingerprint density at radius 2 is 1.75 bits per heavy atom. The molecule has 0 radical (unpaired) electrons. The summed E-state index contributed by atoms with van der Waals surface area (Å²) in [5.74, 6) is 1.69. The standard InChI is InChI=1S/C26H26BrN3O2/c1-19-8-2-5-11-24(19)32-17-7-6-16-30-23-10-4-3-9-22(23)29-25(30)18-28-26(31)20-12-14-21(27)15-13-20/h2-5,8-15H,6-7,16-18H2,1H3,(H,28,31). The number of halogens is 1. The van der Waals surface area contributed by atoms with Crippen molar-refractivity contribution in [2.75, 3.05) is 6.61 Å². The van der Waals surface area contributed by atoms with Crippen LogP contribution in [0.15, 0.2) is 77.3 Å². The number of nitrogens with zero attached hydrogens (tertiary/aromatic N) is 2. The molecule has 0 saturated heterocycles. The Labute approximate surface area is 196 Å². The summed E-state index contributed by atoms with van der Waals surface area (Å²) in [7, 11) is 0. The molecular formula is C26H26BrN3O2. The number of ether oxygens (including phenoxy) is 1. The molecule has 6 heteroatoms. The van der Waals surface area contributed by atoms with E-state index < -0.39 is 0 Å². The molecule has 0 fully saturated rings. The molecule has 32 heavy (non-hydrogen) atoms. The van der Waals surface area contributed by atoms with Gasteiger partial charge in [-0.05, 0) is 67.8 Å². The van der Waals surface area contributed by atoms with Crippen LogP contribution in [-0.4, -0.2) is 22.1 Å². The van der Waals surface area contributed by atoms with Crippen LogP contribution in [0.5, 0.6) is 5.75 Å². The highest BCUT2D eigenvalue weighted by atomic mass is 79.9. The first-order chi connectivity index (χ1) is 15.6. The number of hydrogen-bond donors (Lipinski definition) is 1. The molecule has 1 heterocycles. The number of unbranched alkanes of at least 4 members (excludes halogenated alkanes) is 1. The van der Waals surface area contributed by atoms with E-state index in [0.717, 1.165) is 52.0 Å². The first kappa shape index (κ1) is 22.1. The van der Waals surface area contributed by atoms with Crippen molar-refractivity contribution in [2.24, 2.45) is 0 Å². The smallest absolute Gasteiger partial charge is 0.251 e. The van der Waals surface area contributed by atoms with E-state index in [4.69, 9.17) is 9.72 Å². The second kappa shape index (κ2) is 10.5. The molecule has 5 nitrogen and oxygen atoms in total. The lowest BCUT2D eigenvalue weighted by Crippen LogP contribution is -2.24. The van der Waals surface area contributed by atoms with E-state index >= 15 is 0 Å². The van der Waals surface area contributed by atoms with E-state index in [0.29, 0.717) is 18.7 Å². The number of nitrogens with one attached hydrogen (secondary N) is 1. The molecule has 0 atom stereocenters. The zero-order valence-electron chi connectivity index (χ0n) is 18.1. The minimum Gasteiger partial charge on any atom is -0.493 e. The lowest BCUT2D eigenvalue weighted by Gasteiger charge is -2.12. The molecule has 0 spiro atoms. The first-order valence-electron chi connectivity index (χ1n) is 10.8. The van der Waals surface area contributed by atoms with Crippen molar-refractivity contribution in [1.82, 2.24) is 14.9 Å². The van der Waals surface area contributed by atoms with Gasteiger partial charge in [-0.1, -0.05) is 46.3 Å². The van der Waals surface area contributed by atoms with Gasteiger partial charge in [-0.25, -0.2) is 4.98 Å². The third-order valence-corrected chi connectivity index (χ3v) is 5.90.